The van der Waals surface area contributed by atoms with E-state index in [0.717, 1.165) is 43.1 Å². The van der Waals surface area contributed by atoms with Gasteiger partial charge in [-0.2, -0.15) is 5.10 Å². The molecule has 4 aliphatic heterocycles. The highest BCUT2D eigenvalue weighted by molar-refractivity contribution is 6.04. The van der Waals surface area contributed by atoms with Gasteiger partial charge in [-0.15, -0.1) is 0 Å². The fourth-order valence-corrected chi connectivity index (χ4v) is 5.31. The maximum absolute atomic E-state index is 12.8. The van der Waals surface area contributed by atoms with E-state index in [1.54, 1.807) is 4.68 Å². The van der Waals surface area contributed by atoms with Crippen LogP contribution in [0.2, 0.25) is 0 Å². The van der Waals surface area contributed by atoms with Gasteiger partial charge < -0.3 is 10.4 Å². The minimum atomic E-state index is -0.154. The number of hydrogen-bond acceptors (Lipinski definition) is 4. The third-order valence-electron chi connectivity index (χ3n) is 6.45. The summed E-state index contributed by atoms with van der Waals surface area (Å²) in [7, 11) is 1.87. The lowest BCUT2D eigenvalue weighted by Gasteiger charge is -2.57. The number of aliphatic hydroxyl groups excluding tert-OH is 1. The lowest BCUT2D eigenvalue weighted by molar-refractivity contribution is -0.110. The largest absolute Gasteiger partial charge is 0.392 e. The van der Waals surface area contributed by atoms with Crippen LogP contribution in [0.4, 0.5) is 0 Å². The number of hydrogen-bond donors (Lipinski definition) is 2. The SMILES string of the molecule is Cn1nc(C(=O)NC2CC3CC4C[C@H](C2)N3C[C@H]4O)c2ccccc21. The fraction of sp³-hybridized carbons (Fsp3) is 0.579. The van der Waals surface area contributed by atoms with E-state index in [1.807, 2.05) is 31.3 Å². The number of aromatic nitrogens is 2. The summed E-state index contributed by atoms with van der Waals surface area (Å²) in [5, 5.41) is 18.7. The second kappa shape index (κ2) is 5.54. The molecule has 4 bridgehead atoms. The van der Waals surface area contributed by atoms with Crippen molar-refractivity contribution in [3.05, 3.63) is 30.0 Å². The molecule has 132 valence electrons. The molecule has 4 fully saturated rings. The van der Waals surface area contributed by atoms with Crippen LogP contribution in [0, 0.1) is 5.92 Å². The van der Waals surface area contributed by atoms with Crippen LogP contribution in [0.5, 0.6) is 0 Å². The Labute approximate surface area is 146 Å². The van der Waals surface area contributed by atoms with Gasteiger partial charge in [0, 0.05) is 37.1 Å². The zero-order valence-corrected chi connectivity index (χ0v) is 14.4. The van der Waals surface area contributed by atoms with Crippen LogP contribution in [0.15, 0.2) is 24.3 Å². The van der Waals surface area contributed by atoms with Gasteiger partial charge >= 0.3 is 0 Å². The smallest absolute Gasteiger partial charge is 0.272 e. The van der Waals surface area contributed by atoms with E-state index in [-0.39, 0.29) is 18.1 Å². The Morgan fingerprint density at radius 2 is 1.92 bits per heavy atom. The van der Waals surface area contributed by atoms with Gasteiger partial charge in [-0.3, -0.25) is 14.4 Å². The lowest BCUT2D eigenvalue weighted by Crippen LogP contribution is -2.65. The lowest BCUT2D eigenvalue weighted by atomic mass is 9.70. The van der Waals surface area contributed by atoms with Crippen molar-refractivity contribution in [2.75, 3.05) is 6.54 Å². The van der Waals surface area contributed by atoms with E-state index in [0.29, 0.717) is 23.7 Å². The molecule has 25 heavy (non-hydrogen) atoms. The second-order valence-corrected chi connectivity index (χ2v) is 7.93. The minimum Gasteiger partial charge on any atom is -0.392 e. The van der Waals surface area contributed by atoms with Crippen LogP contribution in [0.25, 0.3) is 10.9 Å². The van der Waals surface area contributed by atoms with Gasteiger partial charge in [-0.1, -0.05) is 18.2 Å². The summed E-state index contributed by atoms with van der Waals surface area (Å²) in [6.07, 6.45) is 3.94. The number of nitrogens with zero attached hydrogens (tertiary/aromatic N) is 3. The number of amides is 1. The number of benzene rings is 1. The molecule has 4 saturated heterocycles. The quantitative estimate of drug-likeness (QED) is 0.864. The van der Waals surface area contributed by atoms with Crippen LogP contribution in [0.3, 0.4) is 0 Å². The Balaban J connectivity index is 1.34. The van der Waals surface area contributed by atoms with Crippen molar-refractivity contribution in [3.63, 3.8) is 0 Å². The van der Waals surface area contributed by atoms with Crippen LogP contribution < -0.4 is 5.32 Å². The molecule has 5 heterocycles. The van der Waals surface area contributed by atoms with Gasteiger partial charge in [0.1, 0.15) is 0 Å². The summed E-state index contributed by atoms with van der Waals surface area (Å²) >= 11 is 0. The summed E-state index contributed by atoms with van der Waals surface area (Å²) in [5.41, 5.74) is 1.50. The molecule has 0 spiro atoms. The van der Waals surface area contributed by atoms with Crippen LogP contribution >= 0.6 is 0 Å². The summed E-state index contributed by atoms with van der Waals surface area (Å²) in [6, 6.07) is 9.07. The summed E-state index contributed by atoms with van der Waals surface area (Å²) < 4.78 is 1.77. The molecule has 1 aromatic heterocycles. The van der Waals surface area contributed by atoms with Crippen molar-refractivity contribution in [3.8, 4) is 0 Å². The third-order valence-corrected chi connectivity index (χ3v) is 6.45. The summed E-state index contributed by atoms with van der Waals surface area (Å²) in [6.45, 7) is 0.811. The van der Waals surface area contributed by atoms with Crippen molar-refractivity contribution < 1.29 is 9.90 Å². The molecule has 0 radical (unpaired) electrons. The van der Waals surface area contributed by atoms with Crippen molar-refractivity contribution in [2.24, 2.45) is 13.0 Å². The van der Waals surface area contributed by atoms with Gasteiger partial charge in [0.25, 0.3) is 5.91 Å². The molecule has 6 heteroatoms. The molecule has 2 N–H and O–H groups in total. The number of aryl methyl sites for hydroxylation is 1. The van der Waals surface area contributed by atoms with Crippen LogP contribution in [-0.4, -0.2) is 56.5 Å². The average molecular weight is 340 g/mol. The Bertz CT molecular complexity index is 816. The first-order valence-electron chi connectivity index (χ1n) is 9.26. The number of para-hydroxylation sites is 1. The topological polar surface area (TPSA) is 70.4 Å². The first kappa shape index (κ1) is 15.3. The number of carbonyl (C=O) groups is 1. The average Bonchev–Trinajstić information content (AvgIpc) is 2.92. The zero-order valence-electron chi connectivity index (χ0n) is 14.4. The van der Waals surface area contributed by atoms with E-state index in [9.17, 15) is 9.90 Å². The highest BCUT2D eigenvalue weighted by Gasteiger charge is 2.48. The highest BCUT2D eigenvalue weighted by atomic mass is 16.3. The molecule has 1 amide bonds. The predicted molar refractivity (Wildman–Crippen MR) is 94.2 cm³/mol. The molecule has 0 aliphatic carbocycles. The third kappa shape index (κ3) is 2.39. The van der Waals surface area contributed by atoms with Crippen molar-refractivity contribution >= 4 is 16.8 Å². The maximum Gasteiger partial charge on any atom is 0.272 e. The molecule has 4 aliphatic rings. The Morgan fingerprint density at radius 3 is 2.64 bits per heavy atom. The molecule has 6 nitrogen and oxygen atoms in total. The Hall–Kier alpha value is -1.92. The second-order valence-electron chi connectivity index (χ2n) is 7.93. The monoisotopic (exact) mass is 340 g/mol. The number of carbonyl (C=O) groups excluding carboxylic acids is 1. The van der Waals surface area contributed by atoms with Crippen LogP contribution in [0.1, 0.15) is 36.2 Å². The molecule has 0 saturated carbocycles. The van der Waals surface area contributed by atoms with Crippen molar-refractivity contribution in [1.82, 2.24) is 20.0 Å². The molecule has 6 rings (SSSR count). The highest BCUT2D eigenvalue weighted by Crippen LogP contribution is 2.43. The first-order valence-corrected chi connectivity index (χ1v) is 9.26. The van der Waals surface area contributed by atoms with Gasteiger partial charge in [0.15, 0.2) is 5.69 Å². The summed E-state index contributed by atoms with van der Waals surface area (Å²) in [4.78, 5) is 15.3. The number of fused-ring (bicyclic) bond motifs is 2. The van der Waals surface area contributed by atoms with E-state index >= 15 is 0 Å². The predicted octanol–water partition coefficient (Wildman–Crippen LogP) is 1.29. The normalized spacial score (nSPS) is 36.6. The standard InChI is InChI=1S/C19H24N4O2/c1-22-16-5-3-2-4-15(16)18(21-22)19(25)20-12-8-13-6-11-7-14(9-12)23(13)10-17(11)24/h2-5,11-14,17,24H,6-10H2,1H3,(H,20,25)/t11?,12?,13-,14?,17-/m1/s1. The Morgan fingerprint density at radius 1 is 1.20 bits per heavy atom. The molecular weight excluding hydrogens is 316 g/mol. The maximum atomic E-state index is 12.8. The van der Waals surface area contributed by atoms with E-state index in [2.05, 4.69) is 15.3 Å². The molecule has 1 aromatic carbocycles. The molecule has 6 atom stereocenters. The minimum absolute atomic E-state index is 0.0676. The molecular formula is C19H24N4O2. The van der Waals surface area contributed by atoms with Gasteiger partial charge in [-0.05, 0) is 37.7 Å². The van der Waals surface area contributed by atoms with E-state index in [4.69, 9.17) is 0 Å². The van der Waals surface area contributed by atoms with Gasteiger partial charge in [-0.25, -0.2) is 0 Å². The van der Waals surface area contributed by atoms with Crippen molar-refractivity contribution in [1.29, 1.82) is 0 Å². The zero-order chi connectivity index (χ0) is 17.1. The van der Waals surface area contributed by atoms with Crippen LogP contribution in [-0.2, 0) is 7.05 Å². The fourth-order valence-electron chi connectivity index (χ4n) is 5.31. The number of piperidine rings is 4. The summed E-state index contributed by atoms with van der Waals surface area (Å²) in [5.74, 6) is 0.387. The Kier molecular flexibility index (Phi) is 3.40. The molecule has 4 unspecified atom stereocenters. The first-order chi connectivity index (χ1) is 12.1. The van der Waals surface area contributed by atoms with E-state index in [1.165, 1.54) is 0 Å². The van der Waals surface area contributed by atoms with E-state index < -0.39 is 0 Å². The number of nitrogens with one attached hydrogen (secondary N) is 1. The van der Waals surface area contributed by atoms with Gasteiger partial charge in [0.2, 0.25) is 0 Å². The van der Waals surface area contributed by atoms with Crippen molar-refractivity contribution in [2.45, 2.75) is 49.9 Å². The number of rotatable bonds is 2. The van der Waals surface area contributed by atoms with Gasteiger partial charge in [0.05, 0.1) is 11.6 Å². The number of aliphatic hydroxyl groups is 1. The molecule has 2 aromatic rings.